The van der Waals surface area contributed by atoms with E-state index in [1.807, 2.05) is 52.8 Å². The smallest absolute Gasteiger partial charge is 0.410 e. The molecule has 1 saturated heterocycles. The molecule has 0 bridgehead atoms. The maximum absolute atomic E-state index is 12.6. The highest BCUT2D eigenvalue weighted by Gasteiger charge is 2.36. The van der Waals surface area contributed by atoms with Gasteiger partial charge in [0.05, 0.1) is 0 Å². The number of benzene rings is 1. The van der Waals surface area contributed by atoms with E-state index in [2.05, 4.69) is 5.32 Å². The van der Waals surface area contributed by atoms with E-state index in [4.69, 9.17) is 4.74 Å². The van der Waals surface area contributed by atoms with Crippen molar-refractivity contribution < 1.29 is 14.3 Å². The Balaban J connectivity index is 2.07. The third-order valence-corrected chi connectivity index (χ3v) is 3.82. The average molecular weight is 318 g/mol. The van der Waals surface area contributed by atoms with Gasteiger partial charge in [-0.15, -0.1) is 0 Å². The Morgan fingerprint density at radius 1 is 1.26 bits per heavy atom. The van der Waals surface area contributed by atoms with Gasteiger partial charge >= 0.3 is 6.09 Å². The molecule has 1 aromatic carbocycles. The number of nitrogens with zero attached hydrogens (tertiary/aromatic N) is 1. The maximum Gasteiger partial charge on any atom is 0.410 e. The van der Waals surface area contributed by atoms with E-state index in [9.17, 15) is 9.59 Å². The molecule has 0 radical (unpaired) electrons. The number of rotatable bonds is 2. The Morgan fingerprint density at radius 3 is 2.57 bits per heavy atom. The van der Waals surface area contributed by atoms with Crippen molar-refractivity contribution in [2.45, 2.75) is 59.1 Å². The minimum absolute atomic E-state index is 0.152. The summed E-state index contributed by atoms with van der Waals surface area (Å²) in [5, 5.41) is 2.94. The first-order chi connectivity index (χ1) is 10.7. The van der Waals surface area contributed by atoms with Gasteiger partial charge in [0.2, 0.25) is 5.91 Å². The summed E-state index contributed by atoms with van der Waals surface area (Å²) >= 11 is 0. The number of anilines is 1. The second-order valence-electron chi connectivity index (χ2n) is 7.14. The van der Waals surface area contributed by atoms with Crippen molar-refractivity contribution in [2.75, 3.05) is 11.9 Å². The molecule has 1 aromatic rings. The van der Waals surface area contributed by atoms with Crippen LogP contribution >= 0.6 is 0 Å². The molecule has 1 N–H and O–H groups in total. The number of hydrogen-bond donors (Lipinski definition) is 1. The number of aryl methyl sites for hydroxylation is 2. The SMILES string of the molecule is Cc1ccc(NC(=O)C2CCCN2C(=O)OC(C)(C)C)c(C)c1. The first-order valence-electron chi connectivity index (χ1n) is 8.05. The molecule has 0 saturated carbocycles. The largest absolute Gasteiger partial charge is 0.444 e. The average Bonchev–Trinajstić information content (AvgIpc) is 2.89. The van der Waals surface area contributed by atoms with E-state index in [1.165, 1.54) is 4.90 Å². The van der Waals surface area contributed by atoms with Crippen LogP contribution in [-0.4, -0.2) is 35.1 Å². The summed E-state index contributed by atoms with van der Waals surface area (Å²) in [4.78, 5) is 26.4. The van der Waals surface area contributed by atoms with Crippen molar-refractivity contribution >= 4 is 17.7 Å². The van der Waals surface area contributed by atoms with Crippen LogP contribution < -0.4 is 5.32 Å². The van der Waals surface area contributed by atoms with Crippen LogP contribution in [-0.2, 0) is 9.53 Å². The minimum atomic E-state index is -0.561. The second-order valence-corrected chi connectivity index (χ2v) is 7.14. The van der Waals surface area contributed by atoms with Crippen LogP contribution in [0.5, 0.6) is 0 Å². The van der Waals surface area contributed by atoms with E-state index >= 15 is 0 Å². The van der Waals surface area contributed by atoms with E-state index < -0.39 is 17.7 Å². The van der Waals surface area contributed by atoms with E-state index in [-0.39, 0.29) is 5.91 Å². The zero-order valence-corrected chi connectivity index (χ0v) is 14.6. The molecule has 126 valence electrons. The van der Waals surface area contributed by atoms with Gasteiger partial charge in [-0.2, -0.15) is 0 Å². The monoisotopic (exact) mass is 318 g/mol. The van der Waals surface area contributed by atoms with Gasteiger partial charge < -0.3 is 10.1 Å². The number of nitrogens with one attached hydrogen (secondary N) is 1. The summed E-state index contributed by atoms with van der Waals surface area (Å²) in [6.45, 7) is 10.0. The minimum Gasteiger partial charge on any atom is -0.444 e. The summed E-state index contributed by atoms with van der Waals surface area (Å²) in [5.41, 5.74) is 2.39. The van der Waals surface area contributed by atoms with Gasteiger partial charge in [0, 0.05) is 12.2 Å². The van der Waals surface area contributed by atoms with Crippen LogP contribution in [0.1, 0.15) is 44.7 Å². The summed E-state index contributed by atoms with van der Waals surface area (Å²) < 4.78 is 5.40. The Bertz CT molecular complexity index is 605. The molecule has 0 spiro atoms. The third kappa shape index (κ3) is 4.47. The molecule has 23 heavy (non-hydrogen) atoms. The van der Waals surface area contributed by atoms with E-state index in [0.717, 1.165) is 23.2 Å². The predicted molar refractivity (Wildman–Crippen MR) is 90.5 cm³/mol. The highest BCUT2D eigenvalue weighted by molar-refractivity contribution is 5.97. The Labute approximate surface area is 138 Å². The number of hydrogen-bond acceptors (Lipinski definition) is 3. The lowest BCUT2D eigenvalue weighted by Crippen LogP contribution is -2.45. The summed E-state index contributed by atoms with van der Waals surface area (Å²) in [7, 11) is 0. The van der Waals surface area contributed by atoms with Crippen LogP contribution in [0.25, 0.3) is 0 Å². The van der Waals surface area contributed by atoms with Crippen molar-refractivity contribution in [1.29, 1.82) is 0 Å². The Kier molecular flexibility index (Phi) is 4.97. The second kappa shape index (κ2) is 6.60. The first kappa shape index (κ1) is 17.3. The standard InChI is InChI=1S/C18H26N2O3/c1-12-8-9-14(13(2)11-12)19-16(21)15-7-6-10-20(15)17(22)23-18(3,4)5/h8-9,11,15H,6-7,10H2,1-5H3,(H,19,21). The fourth-order valence-corrected chi connectivity index (χ4v) is 2.75. The van der Waals surface area contributed by atoms with Crippen molar-refractivity contribution in [2.24, 2.45) is 0 Å². The van der Waals surface area contributed by atoms with Crippen molar-refractivity contribution in [3.8, 4) is 0 Å². The molecule has 2 amide bonds. The highest BCUT2D eigenvalue weighted by atomic mass is 16.6. The van der Waals surface area contributed by atoms with Gasteiger partial charge in [-0.3, -0.25) is 9.69 Å². The maximum atomic E-state index is 12.6. The summed E-state index contributed by atoms with van der Waals surface area (Å²) in [6, 6.07) is 5.42. The molecule has 1 unspecified atom stereocenters. The fourth-order valence-electron chi connectivity index (χ4n) is 2.75. The molecule has 1 aliphatic rings. The van der Waals surface area contributed by atoms with Crippen molar-refractivity contribution in [1.82, 2.24) is 4.90 Å². The van der Waals surface area contributed by atoms with Crippen LogP contribution in [0.2, 0.25) is 0 Å². The van der Waals surface area contributed by atoms with Gasteiger partial charge in [0.15, 0.2) is 0 Å². The molecule has 1 heterocycles. The van der Waals surface area contributed by atoms with Crippen LogP contribution in [0.4, 0.5) is 10.5 Å². The normalized spacial score (nSPS) is 18.0. The Hall–Kier alpha value is -2.04. The van der Waals surface area contributed by atoms with Gasteiger partial charge in [-0.1, -0.05) is 17.7 Å². The van der Waals surface area contributed by atoms with Gasteiger partial charge in [-0.05, 0) is 59.1 Å². The van der Waals surface area contributed by atoms with E-state index in [0.29, 0.717) is 13.0 Å². The molecular formula is C18H26N2O3. The molecule has 1 fully saturated rings. The zero-order chi connectivity index (χ0) is 17.2. The number of carbonyl (C=O) groups is 2. The zero-order valence-electron chi connectivity index (χ0n) is 14.6. The number of likely N-dealkylation sites (tertiary alicyclic amines) is 1. The van der Waals surface area contributed by atoms with Gasteiger partial charge in [0.25, 0.3) is 0 Å². The molecule has 0 aliphatic carbocycles. The van der Waals surface area contributed by atoms with Crippen molar-refractivity contribution in [3.05, 3.63) is 29.3 Å². The predicted octanol–water partition coefficient (Wildman–Crippen LogP) is 3.64. The molecule has 1 aliphatic heterocycles. The number of ether oxygens (including phenoxy) is 1. The molecule has 5 nitrogen and oxygen atoms in total. The number of carbonyl (C=O) groups excluding carboxylic acids is 2. The van der Waals surface area contributed by atoms with Gasteiger partial charge in [-0.25, -0.2) is 4.79 Å². The van der Waals surface area contributed by atoms with E-state index in [1.54, 1.807) is 0 Å². The Morgan fingerprint density at radius 2 is 1.96 bits per heavy atom. The number of amides is 2. The van der Waals surface area contributed by atoms with Gasteiger partial charge in [0.1, 0.15) is 11.6 Å². The topological polar surface area (TPSA) is 58.6 Å². The molecule has 2 rings (SSSR count). The van der Waals surface area contributed by atoms with Crippen molar-refractivity contribution in [3.63, 3.8) is 0 Å². The van der Waals surface area contributed by atoms with Crippen LogP contribution in [0.3, 0.4) is 0 Å². The lowest BCUT2D eigenvalue weighted by atomic mass is 10.1. The fraction of sp³-hybridized carbons (Fsp3) is 0.556. The first-order valence-corrected chi connectivity index (χ1v) is 8.05. The van der Waals surface area contributed by atoms with Crippen LogP contribution in [0.15, 0.2) is 18.2 Å². The summed E-state index contributed by atoms with van der Waals surface area (Å²) in [5.74, 6) is -0.152. The van der Waals surface area contributed by atoms with Crippen LogP contribution in [0, 0.1) is 13.8 Å². The molecule has 1 atom stereocenters. The quantitative estimate of drug-likeness (QED) is 0.905. The summed E-state index contributed by atoms with van der Waals surface area (Å²) in [6.07, 6.45) is 1.05. The molecule has 5 heteroatoms. The third-order valence-electron chi connectivity index (χ3n) is 3.82. The molecule has 0 aromatic heterocycles. The molecular weight excluding hydrogens is 292 g/mol. The lowest BCUT2D eigenvalue weighted by molar-refractivity contribution is -0.120. The lowest BCUT2D eigenvalue weighted by Gasteiger charge is -2.28. The highest BCUT2D eigenvalue weighted by Crippen LogP contribution is 2.23.